The van der Waals surface area contributed by atoms with Crippen LogP contribution in [0.2, 0.25) is 0 Å². The Bertz CT molecular complexity index is 827. The van der Waals surface area contributed by atoms with Gasteiger partial charge in [-0.1, -0.05) is 6.08 Å². The average Bonchev–Trinajstić information content (AvgIpc) is 2.86. The number of hydrogen-bond donors (Lipinski definition) is 0. The molecule has 1 unspecified atom stereocenters. The Labute approximate surface area is 128 Å². The molecule has 0 radical (unpaired) electrons. The van der Waals surface area contributed by atoms with Crippen LogP contribution in [0, 0.1) is 6.92 Å². The molecule has 114 valence electrons. The Hall–Kier alpha value is -2.23. The summed E-state index contributed by atoms with van der Waals surface area (Å²) in [4.78, 5) is 12.5. The van der Waals surface area contributed by atoms with Crippen LogP contribution in [0.15, 0.2) is 22.6 Å². The van der Waals surface area contributed by atoms with E-state index in [-0.39, 0.29) is 5.97 Å². The molecule has 1 aromatic heterocycles. The highest BCUT2D eigenvalue weighted by molar-refractivity contribution is 6.08. The minimum absolute atomic E-state index is 0.339. The van der Waals surface area contributed by atoms with E-state index in [9.17, 15) is 4.79 Å². The molecule has 1 aliphatic carbocycles. The third kappa shape index (κ3) is 1.55. The predicted octanol–water partition coefficient (Wildman–Crippen LogP) is 3.79. The highest BCUT2D eigenvalue weighted by Crippen LogP contribution is 2.51. The van der Waals surface area contributed by atoms with E-state index >= 15 is 0 Å². The normalized spacial score (nSPS) is 22.2. The van der Waals surface area contributed by atoms with E-state index in [1.165, 1.54) is 5.56 Å². The van der Waals surface area contributed by atoms with Crippen LogP contribution in [0.3, 0.4) is 0 Å². The van der Waals surface area contributed by atoms with Crippen LogP contribution < -0.4 is 4.74 Å². The molecule has 2 aromatic rings. The maximum absolute atomic E-state index is 12.5. The summed E-state index contributed by atoms with van der Waals surface area (Å²) < 4.78 is 17.2. The fourth-order valence-electron chi connectivity index (χ4n) is 3.60. The van der Waals surface area contributed by atoms with Crippen LogP contribution in [0.5, 0.6) is 5.75 Å². The molecule has 4 rings (SSSR count). The summed E-state index contributed by atoms with van der Waals surface area (Å²) in [5.41, 5.74) is 2.91. The van der Waals surface area contributed by atoms with Crippen molar-refractivity contribution in [1.29, 1.82) is 0 Å². The zero-order valence-electron chi connectivity index (χ0n) is 13.0. The molecule has 4 heteroatoms. The number of allylic oxidation sites excluding steroid dienone is 1. The van der Waals surface area contributed by atoms with Gasteiger partial charge in [-0.3, -0.25) is 0 Å². The van der Waals surface area contributed by atoms with Gasteiger partial charge in [0.05, 0.1) is 6.61 Å². The van der Waals surface area contributed by atoms with Gasteiger partial charge in [-0.2, -0.15) is 0 Å². The Morgan fingerprint density at radius 3 is 3.00 bits per heavy atom. The lowest BCUT2D eigenvalue weighted by atomic mass is 9.90. The van der Waals surface area contributed by atoms with Crippen LogP contribution >= 0.6 is 0 Å². The zero-order valence-corrected chi connectivity index (χ0v) is 13.0. The largest absolute Gasteiger partial charge is 0.470 e. The Morgan fingerprint density at radius 1 is 1.41 bits per heavy atom. The number of carbonyl (C=O) groups excluding carboxylic acids is 1. The quantitative estimate of drug-likeness (QED) is 0.792. The van der Waals surface area contributed by atoms with Gasteiger partial charge in [0.2, 0.25) is 5.60 Å². The third-order valence-corrected chi connectivity index (χ3v) is 4.62. The monoisotopic (exact) mass is 298 g/mol. The summed E-state index contributed by atoms with van der Waals surface area (Å²) in [7, 11) is 0. The van der Waals surface area contributed by atoms with Crippen molar-refractivity contribution in [2.75, 3.05) is 6.61 Å². The van der Waals surface area contributed by atoms with Gasteiger partial charge in [0, 0.05) is 22.1 Å². The molecule has 22 heavy (non-hydrogen) atoms. The highest BCUT2D eigenvalue weighted by Gasteiger charge is 2.49. The SMILES string of the molecule is CCOC(=O)C1(C)Oc2ccc3oc(C)c4c3c2C1=CCC4. The predicted molar refractivity (Wildman–Crippen MR) is 82.9 cm³/mol. The lowest BCUT2D eigenvalue weighted by molar-refractivity contribution is -0.154. The molecule has 0 N–H and O–H groups in total. The lowest BCUT2D eigenvalue weighted by Gasteiger charge is -2.23. The minimum Gasteiger partial charge on any atom is -0.470 e. The zero-order chi connectivity index (χ0) is 15.5. The van der Waals surface area contributed by atoms with E-state index in [2.05, 4.69) is 6.08 Å². The summed E-state index contributed by atoms with van der Waals surface area (Å²) >= 11 is 0. The molecule has 0 spiro atoms. The summed E-state index contributed by atoms with van der Waals surface area (Å²) in [6, 6.07) is 3.80. The van der Waals surface area contributed by atoms with Crippen molar-refractivity contribution >= 4 is 22.5 Å². The second-order valence-corrected chi connectivity index (χ2v) is 5.96. The maximum atomic E-state index is 12.5. The molecular weight excluding hydrogens is 280 g/mol. The van der Waals surface area contributed by atoms with Crippen molar-refractivity contribution in [1.82, 2.24) is 0 Å². The molecule has 0 bridgehead atoms. The first-order chi connectivity index (χ1) is 10.6. The van der Waals surface area contributed by atoms with Crippen LogP contribution in [-0.4, -0.2) is 18.2 Å². The van der Waals surface area contributed by atoms with Gasteiger partial charge in [0.1, 0.15) is 17.1 Å². The number of furan rings is 1. The number of benzene rings is 1. The molecule has 0 saturated carbocycles. The van der Waals surface area contributed by atoms with Crippen LogP contribution in [-0.2, 0) is 16.0 Å². The summed E-state index contributed by atoms with van der Waals surface area (Å²) in [6.07, 6.45) is 3.89. The second kappa shape index (κ2) is 4.38. The molecule has 0 amide bonds. The number of ether oxygens (including phenoxy) is 2. The molecule has 1 aliphatic heterocycles. The van der Waals surface area contributed by atoms with Gasteiger partial charge in [0.25, 0.3) is 0 Å². The van der Waals surface area contributed by atoms with Gasteiger partial charge in [-0.05, 0) is 45.7 Å². The van der Waals surface area contributed by atoms with E-state index < -0.39 is 5.60 Å². The van der Waals surface area contributed by atoms with Crippen molar-refractivity contribution in [3.63, 3.8) is 0 Å². The van der Waals surface area contributed by atoms with Crippen molar-refractivity contribution in [3.8, 4) is 5.75 Å². The third-order valence-electron chi connectivity index (χ3n) is 4.62. The van der Waals surface area contributed by atoms with Gasteiger partial charge in [-0.25, -0.2) is 4.79 Å². The topological polar surface area (TPSA) is 48.7 Å². The van der Waals surface area contributed by atoms with Crippen LogP contribution in [0.25, 0.3) is 16.5 Å². The standard InChI is InChI=1S/C18H18O4/c1-4-20-17(19)18(3)12-7-5-6-11-10(2)21-13-8-9-14(22-18)16(12)15(11)13/h7-9H,4-6H2,1-3H3. The fraction of sp³-hybridized carbons (Fsp3) is 0.389. The van der Waals surface area contributed by atoms with Crippen LogP contribution in [0.4, 0.5) is 0 Å². The van der Waals surface area contributed by atoms with Crippen LogP contribution in [0.1, 0.15) is 37.2 Å². The maximum Gasteiger partial charge on any atom is 0.354 e. The van der Waals surface area contributed by atoms with E-state index in [1.807, 2.05) is 19.1 Å². The number of hydrogen-bond acceptors (Lipinski definition) is 4. The van der Waals surface area contributed by atoms with E-state index in [0.717, 1.165) is 46.5 Å². The molecule has 2 aliphatic rings. The number of rotatable bonds is 2. The summed E-state index contributed by atoms with van der Waals surface area (Å²) in [5, 5.41) is 1.09. The van der Waals surface area contributed by atoms with E-state index in [4.69, 9.17) is 13.9 Å². The number of esters is 1. The van der Waals surface area contributed by atoms with Crippen molar-refractivity contribution in [2.24, 2.45) is 0 Å². The highest BCUT2D eigenvalue weighted by atomic mass is 16.6. The summed E-state index contributed by atoms with van der Waals surface area (Å²) in [6.45, 7) is 5.93. The van der Waals surface area contributed by atoms with Gasteiger partial charge in [-0.15, -0.1) is 0 Å². The molecule has 0 saturated heterocycles. The van der Waals surface area contributed by atoms with Gasteiger partial charge < -0.3 is 13.9 Å². The smallest absolute Gasteiger partial charge is 0.354 e. The van der Waals surface area contributed by atoms with E-state index in [1.54, 1.807) is 13.8 Å². The minimum atomic E-state index is -1.07. The fourth-order valence-corrected chi connectivity index (χ4v) is 3.60. The molecule has 1 aromatic carbocycles. The molecule has 2 heterocycles. The molecule has 1 atom stereocenters. The summed E-state index contributed by atoms with van der Waals surface area (Å²) in [5.74, 6) is 1.34. The first kappa shape index (κ1) is 13.4. The lowest BCUT2D eigenvalue weighted by Crippen LogP contribution is -2.40. The Morgan fingerprint density at radius 2 is 2.23 bits per heavy atom. The molecule has 0 fully saturated rings. The second-order valence-electron chi connectivity index (χ2n) is 5.96. The van der Waals surface area contributed by atoms with Crippen molar-refractivity contribution < 1.29 is 18.7 Å². The van der Waals surface area contributed by atoms with E-state index in [0.29, 0.717) is 6.61 Å². The Balaban J connectivity index is 1.99. The first-order valence-electron chi connectivity index (χ1n) is 7.68. The molecular formula is C18H18O4. The molecule has 4 nitrogen and oxygen atoms in total. The number of carbonyl (C=O) groups is 1. The van der Waals surface area contributed by atoms with Gasteiger partial charge >= 0.3 is 5.97 Å². The van der Waals surface area contributed by atoms with Crippen molar-refractivity contribution in [3.05, 3.63) is 35.1 Å². The Kier molecular flexibility index (Phi) is 2.68. The average molecular weight is 298 g/mol. The first-order valence-corrected chi connectivity index (χ1v) is 7.68. The van der Waals surface area contributed by atoms with Gasteiger partial charge in [0.15, 0.2) is 0 Å². The van der Waals surface area contributed by atoms with Crippen molar-refractivity contribution in [2.45, 2.75) is 39.2 Å². The number of aryl methyl sites for hydroxylation is 2.